The van der Waals surface area contributed by atoms with Crippen molar-refractivity contribution in [1.29, 1.82) is 0 Å². The van der Waals surface area contributed by atoms with Gasteiger partial charge in [0.05, 0.1) is 12.5 Å². The molecule has 1 spiro atoms. The minimum atomic E-state index is -1.07. The zero-order valence-corrected chi connectivity index (χ0v) is 18.6. The molecule has 35 heavy (non-hydrogen) atoms. The van der Waals surface area contributed by atoms with Gasteiger partial charge in [-0.15, -0.1) is 0 Å². The van der Waals surface area contributed by atoms with Gasteiger partial charge < -0.3 is 19.9 Å². The van der Waals surface area contributed by atoms with Crippen molar-refractivity contribution in [2.24, 2.45) is 0 Å². The Labute approximate surface area is 197 Å². The third-order valence-corrected chi connectivity index (χ3v) is 7.03. The van der Waals surface area contributed by atoms with Gasteiger partial charge in [-0.05, 0) is 25.8 Å². The molecule has 5 rings (SSSR count). The molecule has 2 saturated heterocycles. The first kappa shape index (κ1) is 23.0. The normalized spacial score (nSPS) is 25.3. The molecule has 2 aromatic rings. The van der Waals surface area contributed by atoms with Crippen LogP contribution in [-0.2, 0) is 16.2 Å². The van der Waals surface area contributed by atoms with E-state index in [-0.39, 0.29) is 42.7 Å². The van der Waals surface area contributed by atoms with Crippen LogP contribution >= 0.6 is 0 Å². The maximum absolute atomic E-state index is 13.9. The van der Waals surface area contributed by atoms with Crippen molar-refractivity contribution in [3.8, 4) is 5.75 Å². The molecule has 1 aromatic carbocycles. The summed E-state index contributed by atoms with van der Waals surface area (Å²) in [6.07, 6.45) is 2.11. The molecule has 0 aliphatic carbocycles. The van der Waals surface area contributed by atoms with E-state index in [1.54, 1.807) is 0 Å². The Morgan fingerprint density at radius 1 is 1.31 bits per heavy atom. The second-order valence-electron chi connectivity index (χ2n) is 9.12. The number of aromatic nitrogens is 1. The molecule has 1 aromatic heterocycles. The zero-order valence-electron chi connectivity index (χ0n) is 18.6. The molecule has 3 aliphatic rings. The molecule has 3 amide bonds. The van der Waals surface area contributed by atoms with Crippen LogP contribution in [0.3, 0.4) is 0 Å². The Bertz CT molecular complexity index is 1330. The molecular weight excluding hydrogens is 466 g/mol. The minimum Gasteiger partial charge on any atom is -0.503 e. The lowest BCUT2D eigenvalue weighted by Crippen LogP contribution is -2.52. The van der Waals surface area contributed by atoms with Crippen LogP contribution in [-0.4, -0.2) is 50.5 Å². The molecule has 4 heterocycles. The Hall–Kier alpha value is -3.80. The van der Waals surface area contributed by atoms with Crippen molar-refractivity contribution >= 4 is 17.7 Å². The van der Waals surface area contributed by atoms with Gasteiger partial charge in [0.25, 0.3) is 11.8 Å². The number of hydrogen-bond acceptors (Lipinski definition) is 6. The van der Waals surface area contributed by atoms with E-state index in [9.17, 15) is 33.1 Å². The Morgan fingerprint density at radius 2 is 2.09 bits per heavy atom. The number of hydrogen-bond donors (Lipinski definition) is 3. The summed E-state index contributed by atoms with van der Waals surface area (Å²) in [6.45, 7) is 1.64. The molecule has 10 nitrogen and oxygen atoms in total. The van der Waals surface area contributed by atoms with Gasteiger partial charge in [-0.1, -0.05) is 6.07 Å². The average Bonchev–Trinajstić information content (AvgIpc) is 3.14. The van der Waals surface area contributed by atoms with Gasteiger partial charge in [-0.2, -0.15) is 0 Å². The number of benzene rings is 1. The third-order valence-electron chi connectivity index (χ3n) is 7.03. The van der Waals surface area contributed by atoms with E-state index in [0.29, 0.717) is 18.9 Å². The zero-order chi connectivity index (χ0) is 25.1. The highest BCUT2D eigenvalue weighted by Crippen LogP contribution is 2.45. The largest absolute Gasteiger partial charge is 0.503 e. The van der Waals surface area contributed by atoms with E-state index in [1.807, 2.05) is 6.92 Å². The van der Waals surface area contributed by atoms with Gasteiger partial charge in [-0.25, -0.2) is 14.3 Å². The van der Waals surface area contributed by atoms with Gasteiger partial charge in [0, 0.05) is 37.0 Å². The van der Waals surface area contributed by atoms with Crippen molar-refractivity contribution in [3.63, 3.8) is 0 Å². The molecule has 2 bridgehead atoms. The van der Waals surface area contributed by atoms with Crippen molar-refractivity contribution < 1.29 is 33.1 Å². The molecule has 3 N–H and O–H groups in total. The van der Waals surface area contributed by atoms with Gasteiger partial charge in [0.15, 0.2) is 11.4 Å². The number of nitrogens with zero attached hydrogens (tertiary/aromatic N) is 2. The summed E-state index contributed by atoms with van der Waals surface area (Å²) >= 11 is 0. The first-order valence-corrected chi connectivity index (χ1v) is 11.1. The maximum Gasteiger partial charge on any atom is 0.274 e. The van der Waals surface area contributed by atoms with Crippen LogP contribution in [0.2, 0.25) is 0 Å². The quantitative estimate of drug-likeness (QED) is 0.594. The average molecular weight is 488 g/mol. The SMILES string of the molecule is C[C@H]1CC[C@]2(CC(=O)NO2)[C@H]2CN1C(=O)c1c(O)c(=O)c(C(=O)NCc3ccc(F)cc3F)cn12. The summed E-state index contributed by atoms with van der Waals surface area (Å²) < 4.78 is 28.4. The number of nitrogens with one attached hydrogen (secondary N) is 2. The molecule has 0 unspecified atom stereocenters. The van der Waals surface area contributed by atoms with E-state index in [2.05, 4.69) is 10.8 Å². The standard InChI is InChI=1S/C23H22F2N4O6/c1-11-4-5-23(7-17(30)27-35-23)16-10-28(11)22(34)18-20(32)19(31)14(9-29(16)18)21(33)26-8-12-2-3-13(24)6-15(12)25/h2-3,6,9,11,16,32H,4-5,7-8,10H2,1H3,(H,26,33)(H,27,30)/t11-,16+,23-/m0/s1. The van der Waals surface area contributed by atoms with E-state index in [4.69, 9.17) is 4.84 Å². The van der Waals surface area contributed by atoms with Crippen LogP contribution < -0.4 is 16.2 Å². The van der Waals surface area contributed by atoms with Crippen molar-refractivity contribution in [2.75, 3.05) is 6.54 Å². The van der Waals surface area contributed by atoms with Crippen LogP contribution in [0.4, 0.5) is 8.78 Å². The minimum absolute atomic E-state index is 0.00409. The second-order valence-corrected chi connectivity index (χ2v) is 9.12. The summed E-state index contributed by atoms with van der Waals surface area (Å²) in [6, 6.07) is 1.95. The number of fused-ring (bicyclic) bond motifs is 5. The summed E-state index contributed by atoms with van der Waals surface area (Å²) in [5.74, 6) is -4.37. The molecule has 3 atom stereocenters. The predicted octanol–water partition coefficient (Wildman–Crippen LogP) is 1.13. The fourth-order valence-corrected chi connectivity index (χ4v) is 5.07. The first-order valence-electron chi connectivity index (χ1n) is 11.1. The lowest BCUT2D eigenvalue weighted by Gasteiger charge is -2.41. The number of carbonyl (C=O) groups excluding carboxylic acids is 3. The lowest BCUT2D eigenvalue weighted by molar-refractivity contribution is -0.128. The van der Waals surface area contributed by atoms with Crippen LogP contribution in [0.25, 0.3) is 0 Å². The molecule has 184 valence electrons. The number of amides is 3. The predicted molar refractivity (Wildman–Crippen MR) is 115 cm³/mol. The van der Waals surface area contributed by atoms with Crippen LogP contribution in [0.15, 0.2) is 29.2 Å². The van der Waals surface area contributed by atoms with Gasteiger partial charge in [0.2, 0.25) is 11.3 Å². The first-order chi connectivity index (χ1) is 16.6. The summed E-state index contributed by atoms with van der Waals surface area (Å²) in [4.78, 5) is 58.3. The monoisotopic (exact) mass is 488 g/mol. The van der Waals surface area contributed by atoms with E-state index in [1.165, 1.54) is 9.47 Å². The lowest BCUT2D eigenvalue weighted by atomic mass is 9.85. The third kappa shape index (κ3) is 3.64. The van der Waals surface area contributed by atoms with Gasteiger partial charge in [0.1, 0.15) is 22.8 Å². The number of carbonyl (C=O) groups is 3. The van der Waals surface area contributed by atoms with E-state index >= 15 is 0 Å². The Kier molecular flexibility index (Phi) is 5.35. The maximum atomic E-state index is 13.9. The summed E-state index contributed by atoms with van der Waals surface area (Å²) in [5.41, 5.74) is -0.528. The number of rotatable bonds is 3. The number of halogens is 2. The Balaban J connectivity index is 1.55. The van der Waals surface area contributed by atoms with E-state index in [0.717, 1.165) is 18.3 Å². The molecule has 0 radical (unpaired) electrons. The smallest absolute Gasteiger partial charge is 0.274 e. The van der Waals surface area contributed by atoms with Crippen LogP contribution in [0.5, 0.6) is 5.75 Å². The molecule has 3 aliphatic heterocycles. The molecule has 0 saturated carbocycles. The highest BCUT2D eigenvalue weighted by atomic mass is 19.1. The van der Waals surface area contributed by atoms with Crippen molar-refractivity contribution in [2.45, 2.75) is 50.4 Å². The number of aromatic hydroxyl groups is 1. The molecule has 2 fully saturated rings. The van der Waals surface area contributed by atoms with E-state index < -0.39 is 51.8 Å². The van der Waals surface area contributed by atoms with Crippen LogP contribution in [0.1, 0.15) is 58.6 Å². The highest BCUT2D eigenvalue weighted by molar-refractivity contribution is 5.99. The second kappa shape index (κ2) is 8.15. The Morgan fingerprint density at radius 3 is 2.77 bits per heavy atom. The fraction of sp³-hybridized carbons (Fsp3) is 0.391. The number of hydroxylamine groups is 1. The van der Waals surface area contributed by atoms with Gasteiger partial charge >= 0.3 is 0 Å². The molecule has 12 heteroatoms. The van der Waals surface area contributed by atoms with Crippen LogP contribution in [0, 0.1) is 11.6 Å². The van der Waals surface area contributed by atoms with Crippen molar-refractivity contribution in [1.82, 2.24) is 20.3 Å². The van der Waals surface area contributed by atoms with Gasteiger partial charge in [-0.3, -0.25) is 24.0 Å². The summed E-state index contributed by atoms with van der Waals surface area (Å²) in [7, 11) is 0. The van der Waals surface area contributed by atoms with Crippen molar-refractivity contribution in [3.05, 3.63) is 63.1 Å². The highest BCUT2D eigenvalue weighted by Gasteiger charge is 2.54. The number of pyridine rings is 1. The summed E-state index contributed by atoms with van der Waals surface area (Å²) in [5, 5.41) is 13.1. The molecular formula is C23H22F2N4O6. The topological polar surface area (TPSA) is 130 Å². The fourth-order valence-electron chi connectivity index (χ4n) is 5.07.